The molecule has 4 rings (SSSR count). The molecule has 0 radical (unpaired) electrons. The molecule has 0 saturated heterocycles. The van der Waals surface area contributed by atoms with Gasteiger partial charge in [0.25, 0.3) is 5.56 Å². The number of halogens is 1. The molecule has 0 atom stereocenters. The van der Waals surface area contributed by atoms with Gasteiger partial charge in [0.15, 0.2) is 0 Å². The first-order chi connectivity index (χ1) is 14.1. The first kappa shape index (κ1) is 19.2. The fourth-order valence-electron chi connectivity index (χ4n) is 3.08. The zero-order valence-electron chi connectivity index (χ0n) is 15.5. The van der Waals surface area contributed by atoms with E-state index in [0.717, 1.165) is 3.57 Å². The van der Waals surface area contributed by atoms with Crippen molar-refractivity contribution in [1.82, 2.24) is 9.55 Å². The molecule has 0 spiro atoms. The lowest BCUT2D eigenvalue weighted by atomic mass is 10.2. The van der Waals surface area contributed by atoms with Crippen molar-refractivity contribution in [2.75, 3.05) is 7.11 Å². The van der Waals surface area contributed by atoms with E-state index in [1.165, 1.54) is 0 Å². The van der Waals surface area contributed by atoms with Gasteiger partial charge in [0, 0.05) is 15.2 Å². The Morgan fingerprint density at radius 1 is 1.03 bits per heavy atom. The molecule has 0 aliphatic carbocycles. The van der Waals surface area contributed by atoms with Crippen LogP contribution in [0.25, 0.3) is 28.7 Å². The Labute approximate surface area is 181 Å². The number of para-hydroxylation sites is 1. The summed E-state index contributed by atoms with van der Waals surface area (Å²) in [4.78, 5) is 18.1. The van der Waals surface area contributed by atoms with Crippen LogP contribution in [0, 0.1) is 3.57 Å². The average molecular weight is 496 g/mol. The summed E-state index contributed by atoms with van der Waals surface area (Å²) < 4.78 is 7.83. The predicted octanol–water partition coefficient (Wildman–Crippen LogP) is 4.87. The Hall–Kier alpha value is -3.13. The van der Waals surface area contributed by atoms with Gasteiger partial charge in [-0.1, -0.05) is 24.3 Å². The number of fused-ring (bicyclic) bond motifs is 1. The van der Waals surface area contributed by atoms with E-state index in [1.807, 2.05) is 42.5 Å². The maximum atomic E-state index is 13.4. The number of ether oxygens (including phenoxy) is 1. The standard InChI is InChI=1S/C23H17IN2O3/c1-29-18-7-4-6-17(14-18)26-22(12-9-15-5-2-3-8-21(15)27)25-20-11-10-16(24)13-19(20)23(26)28/h2-14,27H,1H3. The number of benzene rings is 3. The van der Waals surface area contributed by atoms with Crippen LogP contribution in [0.15, 0.2) is 71.5 Å². The number of hydrogen-bond donors (Lipinski definition) is 1. The second-order valence-corrected chi connectivity index (χ2v) is 7.61. The second-order valence-electron chi connectivity index (χ2n) is 6.37. The van der Waals surface area contributed by atoms with Crippen LogP contribution < -0.4 is 10.3 Å². The van der Waals surface area contributed by atoms with Gasteiger partial charge in [0.1, 0.15) is 17.3 Å². The van der Waals surface area contributed by atoms with E-state index in [0.29, 0.717) is 33.7 Å². The largest absolute Gasteiger partial charge is 0.507 e. The van der Waals surface area contributed by atoms with Crippen LogP contribution in [-0.4, -0.2) is 21.8 Å². The number of hydrogen-bond acceptors (Lipinski definition) is 4. The van der Waals surface area contributed by atoms with Crippen molar-refractivity contribution in [3.8, 4) is 17.2 Å². The third-order valence-corrected chi connectivity index (χ3v) is 5.19. The number of aromatic nitrogens is 2. The topological polar surface area (TPSA) is 64.3 Å². The molecule has 5 nitrogen and oxygen atoms in total. The highest BCUT2D eigenvalue weighted by Gasteiger charge is 2.12. The molecule has 0 aliphatic rings. The summed E-state index contributed by atoms with van der Waals surface area (Å²) in [6, 6.07) is 19.9. The Bertz CT molecular complexity index is 1300. The number of rotatable bonds is 4. The van der Waals surface area contributed by atoms with E-state index in [-0.39, 0.29) is 11.3 Å². The number of aromatic hydroxyl groups is 1. The van der Waals surface area contributed by atoms with Crippen molar-refractivity contribution in [3.63, 3.8) is 0 Å². The van der Waals surface area contributed by atoms with E-state index >= 15 is 0 Å². The van der Waals surface area contributed by atoms with Crippen molar-refractivity contribution in [1.29, 1.82) is 0 Å². The maximum Gasteiger partial charge on any atom is 0.266 e. The van der Waals surface area contributed by atoms with Gasteiger partial charge in [0.05, 0.1) is 23.7 Å². The summed E-state index contributed by atoms with van der Waals surface area (Å²) in [5, 5.41) is 10.6. The van der Waals surface area contributed by atoms with Crippen LogP contribution in [-0.2, 0) is 0 Å². The zero-order valence-corrected chi connectivity index (χ0v) is 17.7. The first-order valence-electron chi connectivity index (χ1n) is 8.89. The molecule has 1 heterocycles. The highest BCUT2D eigenvalue weighted by atomic mass is 127. The van der Waals surface area contributed by atoms with Gasteiger partial charge in [0.2, 0.25) is 0 Å². The quantitative estimate of drug-likeness (QED) is 0.410. The first-order valence-corrected chi connectivity index (χ1v) is 9.97. The highest BCUT2D eigenvalue weighted by Crippen LogP contribution is 2.22. The molecule has 0 unspecified atom stereocenters. The SMILES string of the molecule is COc1cccc(-n2c(C=Cc3ccccc3O)nc3ccc(I)cc3c2=O)c1. The van der Waals surface area contributed by atoms with Gasteiger partial charge in [-0.2, -0.15) is 0 Å². The molecule has 0 amide bonds. The van der Waals surface area contributed by atoms with Crippen molar-refractivity contribution in [2.45, 2.75) is 0 Å². The smallest absolute Gasteiger partial charge is 0.266 e. The van der Waals surface area contributed by atoms with E-state index in [4.69, 9.17) is 9.72 Å². The summed E-state index contributed by atoms with van der Waals surface area (Å²) in [6.45, 7) is 0. The van der Waals surface area contributed by atoms with Gasteiger partial charge in [-0.3, -0.25) is 9.36 Å². The van der Waals surface area contributed by atoms with Crippen LogP contribution in [0.3, 0.4) is 0 Å². The van der Waals surface area contributed by atoms with Crippen LogP contribution in [0.2, 0.25) is 0 Å². The van der Waals surface area contributed by atoms with Gasteiger partial charge in [-0.05, 0) is 71.1 Å². The lowest BCUT2D eigenvalue weighted by molar-refractivity contribution is 0.414. The van der Waals surface area contributed by atoms with E-state index in [9.17, 15) is 9.90 Å². The lowest BCUT2D eigenvalue weighted by Gasteiger charge is -2.12. The zero-order chi connectivity index (χ0) is 20.4. The molecule has 144 valence electrons. The Morgan fingerprint density at radius 2 is 1.86 bits per heavy atom. The Balaban J connectivity index is 1.98. The van der Waals surface area contributed by atoms with Crippen molar-refractivity contribution in [2.24, 2.45) is 0 Å². The maximum absolute atomic E-state index is 13.4. The normalized spacial score (nSPS) is 11.2. The minimum Gasteiger partial charge on any atom is -0.507 e. The molecule has 1 aromatic heterocycles. The van der Waals surface area contributed by atoms with Crippen LogP contribution in [0.1, 0.15) is 11.4 Å². The monoisotopic (exact) mass is 496 g/mol. The molecule has 4 aromatic rings. The molecular weight excluding hydrogens is 479 g/mol. The number of phenolic OH excluding ortho intramolecular Hbond substituents is 1. The Kier molecular flexibility index (Phi) is 5.35. The molecule has 0 bridgehead atoms. The third-order valence-electron chi connectivity index (χ3n) is 4.52. The van der Waals surface area contributed by atoms with Crippen LogP contribution in [0.5, 0.6) is 11.5 Å². The summed E-state index contributed by atoms with van der Waals surface area (Å²) in [5.74, 6) is 1.27. The molecule has 0 aliphatic heterocycles. The molecule has 6 heteroatoms. The fourth-order valence-corrected chi connectivity index (χ4v) is 3.57. The molecular formula is C23H17IN2O3. The fraction of sp³-hybridized carbons (Fsp3) is 0.0435. The van der Waals surface area contributed by atoms with Crippen molar-refractivity contribution >= 4 is 45.6 Å². The van der Waals surface area contributed by atoms with Crippen molar-refractivity contribution < 1.29 is 9.84 Å². The predicted molar refractivity (Wildman–Crippen MR) is 124 cm³/mol. The number of methoxy groups -OCH3 is 1. The molecule has 1 N–H and O–H groups in total. The summed E-state index contributed by atoms with van der Waals surface area (Å²) in [6.07, 6.45) is 3.47. The van der Waals surface area contributed by atoms with Crippen LogP contribution in [0.4, 0.5) is 0 Å². The number of nitrogens with zero attached hydrogens (tertiary/aromatic N) is 2. The van der Waals surface area contributed by atoms with Gasteiger partial charge in [-0.25, -0.2) is 4.98 Å². The van der Waals surface area contributed by atoms with Crippen LogP contribution >= 0.6 is 22.6 Å². The molecule has 29 heavy (non-hydrogen) atoms. The van der Waals surface area contributed by atoms with E-state index in [1.54, 1.807) is 48.1 Å². The van der Waals surface area contributed by atoms with Gasteiger partial charge in [-0.15, -0.1) is 0 Å². The highest BCUT2D eigenvalue weighted by molar-refractivity contribution is 14.1. The second kappa shape index (κ2) is 8.08. The average Bonchev–Trinajstić information content (AvgIpc) is 2.74. The number of phenols is 1. The van der Waals surface area contributed by atoms with Crippen molar-refractivity contribution in [3.05, 3.63) is 92.0 Å². The molecule has 3 aromatic carbocycles. The summed E-state index contributed by atoms with van der Waals surface area (Å²) >= 11 is 2.18. The Morgan fingerprint density at radius 3 is 2.66 bits per heavy atom. The van der Waals surface area contributed by atoms with Gasteiger partial charge >= 0.3 is 0 Å². The van der Waals surface area contributed by atoms with Gasteiger partial charge < -0.3 is 9.84 Å². The van der Waals surface area contributed by atoms with E-state index < -0.39 is 0 Å². The third kappa shape index (κ3) is 3.88. The summed E-state index contributed by atoms with van der Waals surface area (Å²) in [5.41, 5.74) is 1.74. The van der Waals surface area contributed by atoms with E-state index in [2.05, 4.69) is 22.6 Å². The minimum atomic E-state index is -0.168. The lowest BCUT2D eigenvalue weighted by Crippen LogP contribution is -2.22. The molecule has 0 fully saturated rings. The minimum absolute atomic E-state index is 0.161. The molecule has 0 saturated carbocycles. The summed E-state index contributed by atoms with van der Waals surface area (Å²) in [7, 11) is 1.59.